The quantitative estimate of drug-likeness (QED) is 0.332. The summed E-state index contributed by atoms with van der Waals surface area (Å²) in [6.45, 7) is 7.80. The highest BCUT2D eigenvalue weighted by atomic mass is 16.5. The molecule has 0 aliphatic carbocycles. The van der Waals surface area contributed by atoms with Gasteiger partial charge in [-0.3, -0.25) is 4.99 Å². The molecule has 29 heavy (non-hydrogen) atoms. The van der Waals surface area contributed by atoms with Crippen molar-refractivity contribution in [2.45, 2.75) is 26.9 Å². The summed E-state index contributed by atoms with van der Waals surface area (Å²) in [5.41, 5.74) is 8.65. The predicted molar refractivity (Wildman–Crippen MR) is 122 cm³/mol. The van der Waals surface area contributed by atoms with Gasteiger partial charge in [0.2, 0.25) is 0 Å². The first-order valence-electron chi connectivity index (χ1n) is 9.43. The van der Waals surface area contributed by atoms with Gasteiger partial charge in [-0.05, 0) is 49.9 Å². The summed E-state index contributed by atoms with van der Waals surface area (Å²) in [7, 11) is 0. The maximum absolute atomic E-state index is 6.07. The van der Waals surface area contributed by atoms with E-state index in [1.165, 1.54) is 0 Å². The van der Waals surface area contributed by atoms with Crippen LogP contribution in [0, 0.1) is 0 Å². The van der Waals surface area contributed by atoms with E-state index in [4.69, 9.17) is 10.5 Å². The van der Waals surface area contributed by atoms with E-state index in [0.29, 0.717) is 12.4 Å². The van der Waals surface area contributed by atoms with Crippen LogP contribution in [-0.2, 0) is 6.61 Å². The molecule has 0 saturated carbocycles. The fourth-order valence-corrected chi connectivity index (χ4v) is 2.95. The molecule has 1 aromatic heterocycles. The Morgan fingerprint density at radius 1 is 1.21 bits per heavy atom. The molecule has 0 fully saturated rings. The van der Waals surface area contributed by atoms with Gasteiger partial charge in [-0.1, -0.05) is 31.2 Å². The first kappa shape index (κ1) is 20.1. The van der Waals surface area contributed by atoms with E-state index in [-0.39, 0.29) is 0 Å². The van der Waals surface area contributed by atoms with Crippen molar-refractivity contribution >= 4 is 34.8 Å². The molecule has 6 nitrogen and oxygen atoms in total. The second-order valence-corrected chi connectivity index (χ2v) is 6.52. The standard InChI is InChI=1S/C23H25N5O/c1-4-18(14-25-3)27-16(2)28-23-13-17(11-12-26-23)15-29-22-10-9-21(24)19-7-5-6-8-20(19)22/h5-14H,3-4,15,24H2,1-2H3,(H,26,27,28)/b18-14-. The summed E-state index contributed by atoms with van der Waals surface area (Å²) in [4.78, 5) is 12.6. The second kappa shape index (κ2) is 9.50. The minimum atomic E-state index is 0.418. The average Bonchev–Trinajstić information content (AvgIpc) is 2.73. The number of aromatic nitrogens is 1. The lowest BCUT2D eigenvalue weighted by atomic mass is 10.1. The predicted octanol–water partition coefficient (Wildman–Crippen LogP) is 5.18. The van der Waals surface area contributed by atoms with E-state index in [0.717, 1.165) is 45.7 Å². The number of nitrogens with zero attached hydrogens (tertiary/aromatic N) is 3. The molecule has 0 aliphatic rings. The highest BCUT2D eigenvalue weighted by Crippen LogP contribution is 2.30. The average molecular weight is 387 g/mol. The van der Waals surface area contributed by atoms with Gasteiger partial charge in [-0.2, -0.15) is 0 Å². The number of allylic oxidation sites excluding steroid dienone is 1. The molecular weight excluding hydrogens is 362 g/mol. The number of hydrogen-bond donors (Lipinski definition) is 2. The fraction of sp³-hybridized carbons (Fsp3) is 0.174. The third kappa shape index (κ3) is 5.19. The van der Waals surface area contributed by atoms with E-state index in [2.05, 4.69) is 27.0 Å². The highest BCUT2D eigenvalue weighted by Gasteiger charge is 2.06. The van der Waals surface area contributed by atoms with Gasteiger partial charge in [-0.25, -0.2) is 9.98 Å². The molecule has 0 unspecified atom stereocenters. The number of pyridine rings is 1. The van der Waals surface area contributed by atoms with Crippen LogP contribution in [0.5, 0.6) is 5.75 Å². The molecule has 1 heterocycles. The number of benzene rings is 2. The number of nitrogens with one attached hydrogen (secondary N) is 1. The van der Waals surface area contributed by atoms with Crippen molar-refractivity contribution in [2.75, 3.05) is 11.1 Å². The first-order chi connectivity index (χ1) is 14.1. The zero-order chi connectivity index (χ0) is 20.6. The molecule has 0 aliphatic heterocycles. The van der Waals surface area contributed by atoms with E-state index < -0.39 is 0 Å². The van der Waals surface area contributed by atoms with Crippen molar-refractivity contribution in [1.29, 1.82) is 0 Å². The van der Waals surface area contributed by atoms with E-state index in [9.17, 15) is 0 Å². The van der Waals surface area contributed by atoms with Crippen molar-refractivity contribution in [3.05, 3.63) is 72.2 Å². The molecule has 0 radical (unpaired) electrons. The number of nitrogens with two attached hydrogens (primary N) is 1. The van der Waals surface area contributed by atoms with Gasteiger partial charge < -0.3 is 15.8 Å². The number of nitrogen functional groups attached to an aromatic ring is 1. The summed E-state index contributed by atoms with van der Waals surface area (Å²) in [5, 5.41) is 5.19. The lowest BCUT2D eigenvalue weighted by Gasteiger charge is -2.12. The first-order valence-corrected chi connectivity index (χ1v) is 9.43. The Kier molecular flexibility index (Phi) is 6.58. The Morgan fingerprint density at radius 2 is 2.00 bits per heavy atom. The smallest absolute Gasteiger partial charge is 0.131 e. The molecule has 3 aromatic rings. The molecule has 6 heteroatoms. The Morgan fingerprint density at radius 3 is 2.76 bits per heavy atom. The molecule has 0 atom stereocenters. The summed E-state index contributed by atoms with van der Waals surface area (Å²) in [6.07, 6.45) is 4.17. The number of anilines is 2. The number of ether oxygens (including phenoxy) is 1. The maximum Gasteiger partial charge on any atom is 0.131 e. The minimum Gasteiger partial charge on any atom is -0.488 e. The van der Waals surface area contributed by atoms with Crippen LogP contribution in [0.15, 0.2) is 76.6 Å². The molecule has 0 saturated heterocycles. The van der Waals surface area contributed by atoms with Crippen molar-refractivity contribution in [3.8, 4) is 5.75 Å². The Labute approximate surface area is 170 Å². The minimum absolute atomic E-state index is 0.418. The topological polar surface area (TPSA) is 84.9 Å². The lowest BCUT2D eigenvalue weighted by molar-refractivity contribution is 0.310. The Bertz CT molecular complexity index is 1070. The van der Waals surface area contributed by atoms with Gasteiger partial charge in [-0.15, -0.1) is 0 Å². The monoisotopic (exact) mass is 387 g/mol. The second-order valence-electron chi connectivity index (χ2n) is 6.52. The summed E-state index contributed by atoms with van der Waals surface area (Å²) in [5.74, 6) is 2.24. The van der Waals surface area contributed by atoms with Crippen molar-refractivity contribution < 1.29 is 4.74 Å². The molecule has 2 aromatic carbocycles. The summed E-state index contributed by atoms with van der Waals surface area (Å²) >= 11 is 0. The van der Waals surface area contributed by atoms with Gasteiger partial charge in [0.15, 0.2) is 0 Å². The summed E-state index contributed by atoms with van der Waals surface area (Å²) in [6, 6.07) is 15.6. The fourth-order valence-electron chi connectivity index (χ4n) is 2.95. The van der Waals surface area contributed by atoms with Crippen LogP contribution in [-0.4, -0.2) is 17.5 Å². The SMILES string of the molecule is C=N/C=C(CC)\N=C(/C)Nc1cc(COc2ccc(N)c3ccccc23)ccn1. The molecule has 3 rings (SSSR count). The largest absolute Gasteiger partial charge is 0.488 e. The van der Waals surface area contributed by atoms with Gasteiger partial charge in [0, 0.05) is 28.9 Å². The Hall–Kier alpha value is -3.67. The Balaban J connectivity index is 1.73. The number of rotatable bonds is 7. The highest BCUT2D eigenvalue weighted by molar-refractivity contribution is 5.97. The third-order valence-electron chi connectivity index (χ3n) is 4.36. The zero-order valence-electron chi connectivity index (χ0n) is 16.7. The van der Waals surface area contributed by atoms with Crippen LogP contribution in [0.25, 0.3) is 10.8 Å². The van der Waals surface area contributed by atoms with Crippen LogP contribution in [0.2, 0.25) is 0 Å². The summed E-state index contributed by atoms with van der Waals surface area (Å²) < 4.78 is 6.06. The van der Waals surface area contributed by atoms with Gasteiger partial charge in [0.1, 0.15) is 24.0 Å². The number of fused-ring (bicyclic) bond motifs is 1. The molecular formula is C23H25N5O. The maximum atomic E-state index is 6.07. The van der Waals surface area contributed by atoms with Gasteiger partial charge >= 0.3 is 0 Å². The van der Waals surface area contributed by atoms with Crippen LogP contribution in [0.4, 0.5) is 11.5 Å². The number of hydrogen-bond acceptors (Lipinski definition) is 5. The number of aliphatic imine (C=N–C) groups is 2. The van der Waals surface area contributed by atoms with Crippen molar-refractivity contribution in [3.63, 3.8) is 0 Å². The number of amidine groups is 1. The van der Waals surface area contributed by atoms with Gasteiger partial charge in [0.05, 0.1) is 5.70 Å². The van der Waals surface area contributed by atoms with Gasteiger partial charge in [0.25, 0.3) is 0 Å². The molecule has 148 valence electrons. The van der Waals surface area contributed by atoms with Crippen LogP contribution in [0.1, 0.15) is 25.8 Å². The molecule has 0 spiro atoms. The third-order valence-corrected chi connectivity index (χ3v) is 4.36. The van der Waals surface area contributed by atoms with Crippen LogP contribution < -0.4 is 15.8 Å². The zero-order valence-corrected chi connectivity index (χ0v) is 16.7. The van der Waals surface area contributed by atoms with E-state index in [1.807, 2.05) is 62.4 Å². The normalized spacial score (nSPS) is 12.1. The van der Waals surface area contributed by atoms with Crippen LogP contribution in [0.3, 0.4) is 0 Å². The van der Waals surface area contributed by atoms with E-state index >= 15 is 0 Å². The van der Waals surface area contributed by atoms with Crippen molar-refractivity contribution in [2.24, 2.45) is 9.98 Å². The molecule has 3 N–H and O–H groups in total. The molecule has 0 bridgehead atoms. The van der Waals surface area contributed by atoms with Crippen LogP contribution >= 0.6 is 0 Å². The lowest BCUT2D eigenvalue weighted by Crippen LogP contribution is -2.09. The van der Waals surface area contributed by atoms with E-state index in [1.54, 1.807) is 12.4 Å². The van der Waals surface area contributed by atoms with Crippen molar-refractivity contribution in [1.82, 2.24) is 4.98 Å². The molecule has 0 amide bonds.